The number of nitrogens with two attached hydrogens (primary N) is 1. The van der Waals surface area contributed by atoms with Gasteiger partial charge < -0.3 is 20.3 Å². The van der Waals surface area contributed by atoms with Crippen molar-refractivity contribution in [3.8, 4) is 0 Å². The highest BCUT2D eigenvalue weighted by Crippen LogP contribution is 2.34. The van der Waals surface area contributed by atoms with E-state index in [0.717, 1.165) is 45.8 Å². The highest BCUT2D eigenvalue weighted by atomic mass is 16.5. The van der Waals surface area contributed by atoms with Gasteiger partial charge in [0, 0.05) is 44.8 Å². The number of morpholine rings is 1. The Morgan fingerprint density at radius 3 is 2.86 bits per heavy atom. The van der Waals surface area contributed by atoms with Gasteiger partial charge in [-0.05, 0) is 18.1 Å². The highest BCUT2D eigenvalue weighted by Gasteiger charge is 2.23. The number of ether oxygens (including phenoxy) is 1. The zero-order valence-corrected chi connectivity index (χ0v) is 12.7. The van der Waals surface area contributed by atoms with E-state index in [0.29, 0.717) is 11.9 Å². The lowest BCUT2D eigenvalue weighted by Gasteiger charge is -2.33. The molecule has 2 heterocycles. The lowest BCUT2D eigenvalue weighted by atomic mass is 9.90. The Hall–Kier alpha value is -1.75. The second-order valence-corrected chi connectivity index (χ2v) is 5.76. The van der Waals surface area contributed by atoms with E-state index in [2.05, 4.69) is 46.1 Å². The van der Waals surface area contributed by atoms with Crippen LogP contribution in [0, 0.1) is 0 Å². The number of fused-ring (bicyclic) bond motifs is 1. The lowest BCUT2D eigenvalue weighted by molar-refractivity contribution is 0.0674. The Bertz CT molecular complexity index is 511. The molecule has 5 nitrogen and oxygen atoms in total. The van der Waals surface area contributed by atoms with Crippen molar-refractivity contribution in [2.75, 3.05) is 51.3 Å². The minimum Gasteiger partial charge on any atom is -0.378 e. The zero-order chi connectivity index (χ0) is 14.7. The van der Waals surface area contributed by atoms with Gasteiger partial charge in [-0.2, -0.15) is 0 Å². The number of benzene rings is 1. The van der Waals surface area contributed by atoms with Crippen LogP contribution in [-0.2, 0) is 4.74 Å². The second-order valence-electron chi connectivity index (χ2n) is 5.76. The minimum absolute atomic E-state index is 0.469. The molecule has 3 rings (SSSR count). The van der Waals surface area contributed by atoms with Crippen molar-refractivity contribution >= 4 is 11.6 Å². The molecular formula is C16H24N4O. The molecule has 0 bridgehead atoms. The molecule has 1 aromatic rings. The summed E-state index contributed by atoms with van der Waals surface area (Å²) < 4.78 is 5.34. The summed E-state index contributed by atoms with van der Waals surface area (Å²) in [5.74, 6) is 1.13. The molecule has 114 valence electrons. The monoisotopic (exact) mass is 288 g/mol. The number of aliphatic imine (C=N–C) groups is 1. The first-order valence-corrected chi connectivity index (χ1v) is 7.68. The summed E-state index contributed by atoms with van der Waals surface area (Å²) in [6.07, 6.45) is 1.13. The van der Waals surface area contributed by atoms with Gasteiger partial charge in [-0.3, -0.25) is 4.99 Å². The van der Waals surface area contributed by atoms with E-state index in [1.807, 2.05) is 0 Å². The zero-order valence-electron chi connectivity index (χ0n) is 12.7. The minimum atomic E-state index is 0.469. The summed E-state index contributed by atoms with van der Waals surface area (Å²) in [5, 5.41) is 0. The highest BCUT2D eigenvalue weighted by molar-refractivity contribution is 5.78. The van der Waals surface area contributed by atoms with Crippen molar-refractivity contribution < 1.29 is 4.74 Å². The van der Waals surface area contributed by atoms with Crippen LogP contribution < -0.4 is 10.6 Å². The molecule has 2 aliphatic heterocycles. The Morgan fingerprint density at radius 1 is 1.29 bits per heavy atom. The molecule has 0 aromatic heterocycles. The molecule has 1 atom stereocenters. The number of para-hydroxylation sites is 1. The van der Waals surface area contributed by atoms with E-state index in [1.165, 1.54) is 11.3 Å². The molecule has 2 aliphatic rings. The molecule has 1 unspecified atom stereocenters. The van der Waals surface area contributed by atoms with E-state index in [9.17, 15) is 0 Å². The fourth-order valence-corrected chi connectivity index (χ4v) is 3.09. The van der Waals surface area contributed by atoms with E-state index in [4.69, 9.17) is 10.5 Å². The average Bonchev–Trinajstić information content (AvgIpc) is 2.55. The fraction of sp³-hybridized carbons (Fsp3) is 0.562. The van der Waals surface area contributed by atoms with Crippen LogP contribution in [0.5, 0.6) is 0 Å². The first-order chi connectivity index (χ1) is 10.3. The van der Waals surface area contributed by atoms with Gasteiger partial charge in [0.05, 0.1) is 13.2 Å². The molecule has 0 aliphatic carbocycles. The van der Waals surface area contributed by atoms with Crippen LogP contribution in [0.15, 0.2) is 29.3 Å². The summed E-state index contributed by atoms with van der Waals surface area (Å²) in [6, 6.07) is 8.62. The summed E-state index contributed by atoms with van der Waals surface area (Å²) in [6.45, 7) is 5.03. The van der Waals surface area contributed by atoms with Gasteiger partial charge in [0.25, 0.3) is 0 Å². The average molecular weight is 288 g/mol. The number of hydrogen-bond donors (Lipinski definition) is 1. The number of guanidine groups is 1. The Kier molecular flexibility index (Phi) is 4.29. The van der Waals surface area contributed by atoms with Gasteiger partial charge in [-0.15, -0.1) is 0 Å². The first kappa shape index (κ1) is 14.2. The van der Waals surface area contributed by atoms with Crippen LogP contribution in [0.3, 0.4) is 0 Å². The van der Waals surface area contributed by atoms with E-state index in [-0.39, 0.29) is 0 Å². The molecule has 0 radical (unpaired) electrons. The van der Waals surface area contributed by atoms with Gasteiger partial charge in [0.15, 0.2) is 5.96 Å². The largest absolute Gasteiger partial charge is 0.378 e. The summed E-state index contributed by atoms with van der Waals surface area (Å²) in [4.78, 5) is 9.08. The molecule has 0 amide bonds. The quantitative estimate of drug-likeness (QED) is 0.657. The Balaban J connectivity index is 1.69. The molecule has 2 N–H and O–H groups in total. The molecule has 1 saturated heterocycles. The third-order valence-corrected chi connectivity index (χ3v) is 4.41. The van der Waals surface area contributed by atoms with E-state index in [1.54, 1.807) is 0 Å². The topological polar surface area (TPSA) is 54.1 Å². The molecule has 5 heteroatoms. The van der Waals surface area contributed by atoms with Crippen LogP contribution in [0.1, 0.15) is 17.9 Å². The van der Waals surface area contributed by atoms with Gasteiger partial charge in [-0.1, -0.05) is 18.2 Å². The molecule has 0 spiro atoms. The SMILES string of the molecule is CN1CCC(CN=C(N)N2CCOCC2)c2ccccc21. The van der Waals surface area contributed by atoms with Crippen molar-refractivity contribution in [1.29, 1.82) is 0 Å². The van der Waals surface area contributed by atoms with Crippen LogP contribution in [0.2, 0.25) is 0 Å². The summed E-state index contributed by atoms with van der Waals surface area (Å²) in [5.41, 5.74) is 8.84. The van der Waals surface area contributed by atoms with Gasteiger partial charge in [0.1, 0.15) is 0 Å². The maximum atomic E-state index is 6.12. The lowest BCUT2D eigenvalue weighted by Crippen LogP contribution is -2.45. The predicted octanol–water partition coefficient (Wildman–Crippen LogP) is 1.26. The normalized spacial score (nSPS) is 23.1. The van der Waals surface area contributed by atoms with Crippen molar-refractivity contribution in [1.82, 2.24) is 4.90 Å². The molecule has 1 fully saturated rings. The van der Waals surface area contributed by atoms with Gasteiger partial charge in [0.2, 0.25) is 0 Å². The van der Waals surface area contributed by atoms with Gasteiger partial charge >= 0.3 is 0 Å². The third kappa shape index (κ3) is 3.13. The Morgan fingerprint density at radius 2 is 2.05 bits per heavy atom. The van der Waals surface area contributed by atoms with E-state index < -0.39 is 0 Å². The number of hydrogen-bond acceptors (Lipinski definition) is 3. The predicted molar refractivity (Wildman–Crippen MR) is 86.0 cm³/mol. The molecular weight excluding hydrogens is 264 g/mol. The van der Waals surface area contributed by atoms with Crippen molar-refractivity contribution in [2.45, 2.75) is 12.3 Å². The fourth-order valence-electron chi connectivity index (χ4n) is 3.09. The van der Waals surface area contributed by atoms with Crippen molar-refractivity contribution in [3.05, 3.63) is 29.8 Å². The van der Waals surface area contributed by atoms with E-state index >= 15 is 0 Å². The van der Waals surface area contributed by atoms with Crippen LogP contribution in [0.25, 0.3) is 0 Å². The molecule has 21 heavy (non-hydrogen) atoms. The molecule has 0 saturated carbocycles. The summed E-state index contributed by atoms with van der Waals surface area (Å²) >= 11 is 0. The van der Waals surface area contributed by atoms with Gasteiger partial charge in [-0.25, -0.2) is 0 Å². The third-order valence-electron chi connectivity index (χ3n) is 4.41. The molecule has 1 aromatic carbocycles. The maximum absolute atomic E-state index is 6.12. The summed E-state index contributed by atoms with van der Waals surface area (Å²) in [7, 11) is 2.15. The second kappa shape index (κ2) is 6.35. The van der Waals surface area contributed by atoms with Crippen molar-refractivity contribution in [2.24, 2.45) is 10.7 Å². The van der Waals surface area contributed by atoms with Crippen LogP contribution in [-0.4, -0.2) is 57.3 Å². The number of nitrogens with zero attached hydrogens (tertiary/aromatic N) is 3. The standard InChI is InChI=1S/C16H24N4O/c1-19-7-6-13(14-4-2-3-5-15(14)19)12-18-16(17)20-8-10-21-11-9-20/h2-5,13H,6-12H2,1H3,(H2,17,18). The number of rotatable bonds is 2. The Labute approximate surface area is 126 Å². The van der Waals surface area contributed by atoms with Crippen molar-refractivity contribution in [3.63, 3.8) is 0 Å². The maximum Gasteiger partial charge on any atom is 0.191 e. The number of anilines is 1. The first-order valence-electron chi connectivity index (χ1n) is 7.68. The smallest absolute Gasteiger partial charge is 0.191 e. The van der Waals surface area contributed by atoms with Crippen LogP contribution >= 0.6 is 0 Å². The van der Waals surface area contributed by atoms with Crippen LogP contribution in [0.4, 0.5) is 5.69 Å².